The molecule has 1 aromatic heterocycles. The van der Waals surface area contributed by atoms with Crippen molar-refractivity contribution in [3.8, 4) is 0 Å². The predicted molar refractivity (Wildman–Crippen MR) is 78.3 cm³/mol. The highest BCUT2D eigenvalue weighted by Gasteiger charge is 2.28. The molecule has 3 nitrogen and oxygen atoms in total. The first-order chi connectivity index (χ1) is 9.27. The fourth-order valence-corrected chi connectivity index (χ4v) is 2.90. The van der Waals surface area contributed by atoms with E-state index in [1.165, 1.54) is 6.42 Å². The van der Waals surface area contributed by atoms with Crippen molar-refractivity contribution in [3.05, 3.63) is 36.5 Å². The van der Waals surface area contributed by atoms with Crippen LogP contribution < -0.4 is 5.32 Å². The molecule has 3 rings (SSSR count). The van der Waals surface area contributed by atoms with E-state index in [4.69, 9.17) is 0 Å². The summed E-state index contributed by atoms with van der Waals surface area (Å²) in [6, 6.07) is 10.1. The summed E-state index contributed by atoms with van der Waals surface area (Å²) in [7, 11) is 0. The number of fused-ring (bicyclic) bond motifs is 1. The molecule has 0 radical (unpaired) electrons. The number of hydrogen-bond acceptors (Lipinski definition) is 3. The Labute approximate surface area is 113 Å². The molecule has 0 atom stereocenters. The lowest BCUT2D eigenvalue weighted by Crippen LogP contribution is -2.38. The number of hydrogen-bond donors (Lipinski definition) is 2. The third-order valence-electron chi connectivity index (χ3n) is 4.04. The van der Waals surface area contributed by atoms with Gasteiger partial charge in [-0.15, -0.1) is 0 Å². The van der Waals surface area contributed by atoms with Gasteiger partial charge in [0.05, 0.1) is 11.1 Å². The standard InChI is InChI=1S/C16H20N2O/c19-16(9-4-1-5-10-16)12-18-15-8-11-17-14-7-3-2-6-13(14)15/h2-3,6-8,11,19H,1,4-5,9-10,12H2,(H,17,18). The highest BCUT2D eigenvalue weighted by atomic mass is 16.3. The van der Waals surface area contributed by atoms with E-state index >= 15 is 0 Å². The number of nitrogens with one attached hydrogen (secondary N) is 1. The smallest absolute Gasteiger partial charge is 0.0819 e. The van der Waals surface area contributed by atoms with Gasteiger partial charge in [-0.1, -0.05) is 37.5 Å². The fourth-order valence-electron chi connectivity index (χ4n) is 2.90. The van der Waals surface area contributed by atoms with Crippen LogP contribution in [-0.4, -0.2) is 22.2 Å². The molecule has 0 amide bonds. The molecule has 100 valence electrons. The van der Waals surface area contributed by atoms with Crippen LogP contribution in [0.25, 0.3) is 10.9 Å². The van der Waals surface area contributed by atoms with Crippen LogP contribution in [0.4, 0.5) is 5.69 Å². The van der Waals surface area contributed by atoms with Gasteiger partial charge in [-0.05, 0) is 25.0 Å². The lowest BCUT2D eigenvalue weighted by Gasteiger charge is -2.32. The Morgan fingerprint density at radius 2 is 1.89 bits per heavy atom. The average Bonchev–Trinajstić information content (AvgIpc) is 2.46. The highest BCUT2D eigenvalue weighted by molar-refractivity contribution is 5.90. The number of anilines is 1. The van der Waals surface area contributed by atoms with E-state index in [-0.39, 0.29) is 0 Å². The first-order valence-electron chi connectivity index (χ1n) is 7.07. The molecule has 0 spiro atoms. The summed E-state index contributed by atoms with van der Waals surface area (Å²) in [5, 5.41) is 15.0. The van der Waals surface area contributed by atoms with Crippen LogP contribution in [0.2, 0.25) is 0 Å². The number of para-hydroxylation sites is 1. The molecule has 2 N–H and O–H groups in total. The van der Waals surface area contributed by atoms with Gasteiger partial charge in [-0.3, -0.25) is 4.98 Å². The molecule has 19 heavy (non-hydrogen) atoms. The first kappa shape index (κ1) is 12.4. The van der Waals surface area contributed by atoms with E-state index in [2.05, 4.69) is 16.4 Å². The molecule has 1 heterocycles. The number of benzene rings is 1. The largest absolute Gasteiger partial charge is 0.388 e. The monoisotopic (exact) mass is 256 g/mol. The molecule has 1 aliphatic rings. The topological polar surface area (TPSA) is 45.1 Å². The van der Waals surface area contributed by atoms with Gasteiger partial charge in [-0.2, -0.15) is 0 Å². The normalized spacial score (nSPS) is 18.4. The van der Waals surface area contributed by atoms with Crippen molar-refractivity contribution in [2.75, 3.05) is 11.9 Å². The van der Waals surface area contributed by atoms with Crippen LogP contribution in [0.15, 0.2) is 36.5 Å². The molecule has 1 saturated carbocycles. The third kappa shape index (κ3) is 2.71. The minimum atomic E-state index is -0.539. The second kappa shape index (κ2) is 5.17. The fraction of sp³-hybridized carbons (Fsp3) is 0.438. The molecule has 2 aromatic rings. The highest BCUT2D eigenvalue weighted by Crippen LogP contribution is 2.29. The first-order valence-corrected chi connectivity index (χ1v) is 7.07. The van der Waals surface area contributed by atoms with Crippen LogP contribution in [0, 0.1) is 0 Å². The van der Waals surface area contributed by atoms with Crippen molar-refractivity contribution in [1.29, 1.82) is 0 Å². The van der Waals surface area contributed by atoms with Crippen LogP contribution in [0.3, 0.4) is 0 Å². The molecule has 0 saturated heterocycles. The summed E-state index contributed by atoms with van der Waals surface area (Å²) in [4.78, 5) is 4.35. The van der Waals surface area contributed by atoms with E-state index in [0.717, 1.165) is 42.3 Å². The van der Waals surface area contributed by atoms with Crippen molar-refractivity contribution >= 4 is 16.6 Å². The SMILES string of the molecule is OC1(CNc2ccnc3ccccc23)CCCCC1. The van der Waals surface area contributed by atoms with Crippen LogP contribution in [0.1, 0.15) is 32.1 Å². The number of pyridine rings is 1. The summed E-state index contributed by atoms with van der Waals surface area (Å²) in [5.74, 6) is 0. The number of aliphatic hydroxyl groups is 1. The van der Waals surface area contributed by atoms with Gasteiger partial charge in [0.25, 0.3) is 0 Å². The van der Waals surface area contributed by atoms with Gasteiger partial charge in [-0.25, -0.2) is 0 Å². The Morgan fingerprint density at radius 1 is 1.11 bits per heavy atom. The maximum Gasteiger partial charge on any atom is 0.0819 e. The molecule has 1 aromatic carbocycles. The van der Waals surface area contributed by atoms with Crippen LogP contribution in [0.5, 0.6) is 0 Å². The maximum atomic E-state index is 10.5. The summed E-state index contributed by atoms with van der Waals surface area (Å²) >= 11 is 0. The lowest BCUT2D eigenvalue weighted by atomic mass is 9.85. The molecule has 0 aliphatic heterocycles. The summed E-state index contributed by atoms with van der Waals surface area (Å²) < 4.78 is 0. The number of aromatic nitrogens is 1. The Morgan fingerprint density at radius 3 is 2.74 bits per heavy atom. The zero-order chi connectivity index (χ0) is 13.1. The van der Waals surface area contributed by atoms with Gasteiger partial charge in [0.2, 0.25) is 0 Å². The second-order valence-corrected chi connectivity index (χ2v) is 5.51. The zero-order valence-corrected chi connectivity index (χ0v) is 11.1. The molecular formula is C16H20N2O. The Kier molecular flexibility index (Phi) is 3.38. The van der Waals surface area contributed by atoms with Crippen molar-refractivity contribution < 1.29 is 5.11 Å². The van der Waals surface area contributed by atoms with Gasteiger partial charge >= 0.3 is 0 Å². The number of nitrogens with zero attached hydrogens (tertiary/aromatic N) is 1. The molecular weight excluding hydrogens is 236 g/mol. The second-order valence-electron chi connectivity index (χ2n) is 5.51. The van der Waals surface area contributed by atoms with Crippen LogP contribution in [-0.2, 0) is 0 Å². The van der Waals surface area contributed by atoms with Crippen molar-refractivity contribution in [2.24, 2.45) is 0 Å². The quantitative estimate of drug-likeness (QED) is 0.885. The van der Waals surface area contributed by atoms with E-state index < -0.39 is 5.60 Å². The molecule has 0 bridgehead atoms. The Hall–Kier alpha value is -1.61. The van der Waals surface area contributed by atoms with Crippen molar-refractivity contribution in [2.45, 2.75) is 37.7 Å². The van der Waals surface area contributed by atoms with E-state index in [9.17, 15) is 5.11 Å². The average molecular weight is 256 g/mol. The summed E-state index contributed by atoms with van der Waals surface area (Å²) in [6.45, 7) is 0.626. The van der Waals surface area contributed by atoms with Crippen molar-refractivity contribution in [3.63, 3.8) is 0 Å². The Balaban J connectivity index is 1.78. The summed E-state index contributed by atoms with van der Waals surface area (Å²) in [5.41, 5.74) is 1.51. The minimum Gasteiger partial charge on any atom is -0.388 e. The third-order valence-corrected chi connectivity index (χ3v) is 4.04. The summed E-state index contributed by atoms with van der Waals surface area (Å²) in [6.07, 6.45) is 7.15. The maximum absolute atomic E-state index is 10.5. The van der Waals surface area contributed by atoms with E-state index in [1.54, 1.807) is 0 Å². The van der Waals surface area contributed by atoms with E-state index in [1.807, 2.05) is 30.5 Å². The molecule has 1 fully saturated rings. The zero-order valence-electron chi connectivity index (χ0n) is 11.1. The van der Waals surface area contributed by atoms with Crippen molar-refractivity contribution in [1.82, 2.24) is 4.98 Å². The number of rotatable bonds is 3. The van der Waals surface area contributed by atoms with Gasteiger partial charge < -0.3 is 10.4 Å². The lowest BCUT2D eigenvalue weighted by molar-refractivity contribution is 0.0167. The Bertz CT molecular complexity index is 556. The molecule has 0 unspecified atom stereocenters. The van der Waals surface area contributed by atoms with Gasteiger partial charge in [0, 0.05) is 23.8 Å². The van der Waals surface area contributed by atoms with Gasteiger partial charge in [0.15, 0.2) is 0 Å². The molecule has 3 heteroatoms. The van der Waals surface area contributed by atoms with E-state index in [0.29, 0.717) is 6.54 Å². The predicted octanol–water partition coefficient (Wildman–Crippen LogP) is 3.34. The minimum absolute atomic E-state index is 0.539. The molecule has 1 aliphatic carbocycles. The van der Waals surface area contributed by atoms with Crippen LogP contribution >= 0.6 is 0 Å². The van der Waals surface area contributed by atoms with Gasteiger partial charge in [0.1, 0.15) is 0 Å².